The van der Waals surface area contributed by atoms with Crippen LogP contribution in [0.15, 0.2) is 58.5 Å². The number of amides is 1. The smallest absolute Gasteiger partial charge is 0.262 e. The van der Waals surface area contributed by atoms with Gasteiger partial charge < -0.3 is 24.9 Å². The van der Waals surface area contributed by atoms with E-state index in [1.54, 1.807) is 6.07 Å². The summed E-state index contributed by atoms with van der Waals surface area (Å²) in [7, 11) is 0. The number of carbonyl (C=O) groups excluding carboxylic acids is 1. The van der Waals surface area contributed by atoms with E-state index >= 15 is 0 Å². The number of morpholine rings is 1. The first kappa shape index (κ1) is 25.5. The molecule has 0 aliphatic carbocycles. The molecule has 36 heavy (non-hydrogen) atoms. The molecule has 2 heterocycles. The Morgan fingerprint density at radius 2 is 1.94 bits per heavy atom. The van der Waals surface area contributed by atoms with Gasteiger partial charge in [0.25, 0.3) is 5.91 Å². The van der Waals surface area contributed by atoms with Gasteiger partial charge in [0.2, 0.25) is 0 Å². The van der Waals surface area contributed by atoms with Crippen molar-refractivity contribution in [1.82, 2.24) is 10.2 Å². The van der Waals surface area contributed by atoms with Crippen molar-refractivity contribution in [3.8, 4) is 17.4 Å². The van der Waals surface area contributed by atoms with Crippen LogP contribution >= 0.6 is 0 Å². The Morgan fingerprint density at radius 1 is 1.17 bits per heavy atom. The number of anilines is 1. The van der Waals surface area contributed by atoms with E-state index in [2.05, 4.69) is 45.9 Å². The van der Waals surface area contributed by atoms with E-state index in [1.807, 2.05) is 25.1 Å². The number of nitrogens with zero attached hydrogens (tertiary/aromatic N) is 2. The Balaban J connectivity index is 1.40. The van der Waals surface area contributed by atoms with E-state index in [-0.39, 0.29) is 12.1 Å². The molecule has 1 atom stereocenters. The predicted octanol–water partition coefficient (Wildman–Crippen LogP) is 3.64. The Kier molecular flexibility index (Phi) is 8.74. The van der Waals surface area contributed by atoms with E-state index < -0.39 is 12.0 Å². The molecule has 4 rings (SSSR count). The fourth-order valence-electron chi connectivity index (χ4n) is 4.02. The number of hydrogen-bond acceptors (Lipinski definition) is 7. The number of aliphatic hydroxyl groups is 1. The molecule has 0 saturated carbocycles. The van der Waals surface area contributed by atoms with Crippen molar-refractivity contribution in [2.75, 3.05) is 51.3 Å². The zero-order chi connectivity index (χ0) is 25.3. The van der Waals surface area contributed by atoms with Crippen LogP contribution in [0, 0.1) is 11.3 Å². The van der Waals surface area contributed by atoms with Crippen molar-refractivity contribution in [3.63, 3.8) is 0 Å². The van der Waals surface area contributed by atoms with E-state index in [0.717, 1.165) is 61.4 Å². The van der Waals surface area contributed by atoms with Gasteiger partial charge in [-0.25, -0.2) is 0 Å². The number of rotatable bonds is 10. The van der Waals surface area contributed by atoms with Crippen molar-refractivity contribution >= 4 is 28.4 Å². The number of benzene rings is 2. The summed E-state index contributed by atoms with van der Waals surface area (Å²) in [6.45, 7) is 7.38. The first-order valence-corrected chi connectivity index (χ1v) is 12.3. The highest BCUT2D eigenvalue weighted by atomic mass is 16.5. The summed E-state index contributed by atoms with van der Waals surface area (Å²) in [4.78, 5) is 14.6. The molecule has 188 valence electrons. The molecular weight excluding hydrogens is 456 g/mol. The number of hydrogen-bond donors (Lipinski definition) is 3. The average Bonchev–Trinajstić information content (AvgIpc) is 3.39. The lowest BCUT2D eigenvalue weighted by Crippen LogP contribution is -2.38. The minimum absolute atomic E-state index is 0.0774. The largest absolute Gasteiger partial charge is 0.457 e. The van der Waals surface area contributed by atoms with Gasteiger partial charge in [-0.05, 0) is 47.5 Å². The topological polar surface area (TPSA) is 111 Å². The lowest BCUT2D eigenvalue weighted by Gasteiger charge is -2.26. The number of ether oxygens (including phenoxy) is 1. The molecule has 1 fully saturated rings. The fourth-order valence-corrected chi connectivity index (χ4v) is 4.02. The maximum atomic E-state index is 12.2. The fraction of sp³-hybridized carbons (Fsp3) is 0.357. The molecule has 1 aromatic heterocycles. The summed E-state index contributed by atoms with van der Waals surface area (Å²) in [5.74, 6) is 0.519. The molecule has 2 aromatic carbocycles. The zero-order valence-corrected chi connectivity index (χ0v) is 20.5. The normalized spacial score (nSPS) is 15.4. The lowest BCUT2D eigenvalue weighted by molar-refractivity contribution is -0.117. The highest BCUT2D eigenvalue weighted by Gasteiger charge is 2.13. The molecule has 0 spiro atoms. The third-order valence-corrected chi connectivity index (χ3v) is 6.23. The summed E-state index contributed by atoms with van der Waals surface area (Å²) < 4.78 is 11.3. The Labute approximate surface area is 211 Å². The summed E-state index contributed by atoms with van der Waals surface area (Å²) in [6, 6.07) is 17.9. The number of nitrogens with one attached hydrogen (secondary N) is 2. The molecule has 1 aliphatic rings. The highest BCUT2D eigenvalue weighted by molar-refractivity contribution is 6.01. The van der Waals surface area contributed by atoms with Crippen LogP contribution in [0.4, 0.5) is 5.69 Å². The molecule has 3 aromatic rings. The second-order valence-corrected chi connectivity index (χ2v) is 8.80. The quantitative estimate of drug-likeness (QED) is 0.295. The first-order chi connectivity index (χ1) is 17.6. The number of furan rings is 1. The summed E-state index contributed by atoms with van der Waals surface area (Å²) in [5, 5.41) is 27.3. The number of carbonyl (C=O) groups is 1. The third kappa shape index (κ3) is 6.73. The van der Waals surface area contributed by atoms with Crippen molar-refractivity contribution in [1.29, 1.82) is 5.26 Å². The van der Waals surface area contributed by atoms with Crippen LogP contribution < -0.4 is 10.6 Å². The molecule has 8 nitrogen and oxygen atoms in total. The van der Waals surface area contributed by atoms with Gasteiger partial charge >= 0.3 is 0 Å². The van der Waals surface area contributed by atoms with Gasteiger partial charge in [0.1, 0.15) is 23.2 Å². The van der Waals surface area contributed by atoms with Crippen molar-refractivity contribution in [2.45, 2.75) is 19.4 Å². The SMILES string of the molecule is CCC(O)CNC(=O)/C(C#N)=C/c1ccc(-c2ccc3cc(NCCN4CCOCC4)ccc3c2)o1. The maximum absolute atomic E-state index is 12.2. The summed E-state index contributed by atoms with van der Waals surface area (Å²) >= 11 is 0. The van der Waals surface area contributed by atoms with Gasteiger partial charge in [-0.15, -0.1) is 0 Å². The minimum Gasteiger partial charge on any atom is -0.457 e. The number of fused-ring (bicyclic) bond motifs is 1. The lowest BCUT2D eigenvalue weighted by atomic mass is 10.0. The number of nitriles is 1. The van der Waals surface area contributed by atoms with Crippen LogP contribution in [0.5, 0.6) is 0 Å². The third-order valence-electron chi connectivity index (χ3n) is 6.23. The Bertz CT molecular complexity index is 1250. The van der Waals surface area contributed by atoms with Crippen LogP contribution in [0.2, 0.25) is 0 Å². The molecule has 8 heteroatoms. The van der Waals surface area contributed by atoms with Gasteiger partial charge in [-0.3, -0.25) is 9.69 Å². The van der Waals surface area contributed by atoms with Gasteiger partial charge in [0.15, 0.2) is 0 Å². The van der Waals surface area contributed by atoms with Gasteiger partial charge in [-0.1, -0.05) is 25.1 Å². The molecule has 3 N–H and O–H groups in total. The zero-order valence-electron chi connectivity index (χ0n) is 20.5. The van der Waals surface area contributed by atoms with Crippen LogP contribution in [0.3, 0.4) is 0 Å². The summed E-state index contributed by atoms with van der Waals surface area (Å²) in [5.41, 5.74) is 1.92. The summed E-state index contributed by atoms with van der Waals surface area (Å²) in [6.07, 6.45) is 1.29. The van der Waals surface area contributed by atoms with Crippen molar-refractivity contribution < 1.29 is 19.1 Å². The molecular formula is C28H32N4O4. The molecule has 1 amide bonds. The average molecular weight is 489 g/mol. The second-order valence-electron chi connectivity index (χ2n) is 8.80. The Morgan fingerprint density at radius 3 is 2.72 bits per heavy atom. The predicted molar refractivity (Wildman–Crippen MR) is 140 cm³/mol. The van der Waals surface area contributed by atoms with Gasteiger partial charge in [-0.2, -0.15) is 5.26 Å². The highest BCUT2D eigenvalue weighted by Crippen LogP contribution is 2.28. The van der Waals surface area contributed by atoms with E-state index in [0.29, 0.717) is 17.9 Å². The first-order valence-electron chi connectivity index (χ1n) is 12.3. The van der Waals surface area contributed by atoms with Gasteiger partial charge in [0.05, 0.1) is 19.3 Å². The van der Waals surface area contributed by atoms with Crippen LogP contribution in [-0.2, 0) is 9.53 Å². The van der Waals surface area contributed by atoms with Crippen LogP contribution in [0.25, 0.3) is 28.2 Å². The second kappa shape index (κ2) is 12.4. The maximum Gasteiger partial charge on any atom is 0.262 e. The van der Waals surface area contributed by atoms with Crippen molar-refractivity contribution in [2.24, 2.45) is 0 Å². The van der Waals surface area contributed by atoms with Crippen LogP contribution in [-0.4, -0.2) is 68.0 Å². The molecule has 1 aliphatic heterocycles. The van der Waals surface area contributed by atoms with Crippen molar-refractivity contribution in [3.05, 3.63) is 59.9 Å². The number of aliphatic hydroxyl groups excluding tert-OH is 1. The molecule has 1 unspecified atom stereocenters. The molecule has 0 radical (unpaired) electrons. The minimum atomic E-state index is -0.640. The Hall–Kier alpha value is -3.64. The molecule has 1 saturated heterocycles. The van der Waals surface area contributed by atoms with E-state index in [1.165, 1.54) is 6.08 Å². The van der Waals surface area contributed by atoms with Crippen LogP contribution in [0.1, 0.15) is 19.1 Å². The van der Waals surface area contributed by atoms with Gasteiger partial charge in [0, 0.05) is 50.1 Å². The van der Waals surface area contributed by atoms with E-state index in [9.17, 15) is 15.2 Å². The molecule has 0 bridgehead atoms. The standard InChI is InChI=1S/C28H32N4O4/c1-2-25(33)19-31-28(34)23(18-29)17-26-7-8-27(36-26)22-4-3-21-16-24(6-5-20(21)15-22)30-9-10-32-11-13-35-14-12-32/h3-8,15-17,25,30,33H,2,9-14,19H2,1H3,(H,31,34)/b23-17+. The monoisotopic (exact) mass is 488 g/mol. The van der Waals surface area contributed by atoms with E-state index in [4.69, 9.17) is 9.15 Å².